The molecule has 1 fully saturated rings. The second kappa shape index (κ2) is 7.37. The number of piperazine rings is 1. The van der Waals surface area contributed by atoms with Gasteiger partial charge in [-0.15, -0.1) is 0 Å². The zero-order valence-corrected chi connectivity index (χ0v) is 13.6. The maximum Gasteiger partial charge on any atom is 0.321 e. The molecule has 1 aliphatic heterocycles. The van der Waals surface area contributed by atoms with Crippen molar-refractivity contribution in [3.05, 3.63) is 59.7 Å². The topological polar surface area (TPSA) is 83.2 Å². The van der Waals surface area contributed by atoms with Crippen LogP contribution in [-0.2, 0) is 0 Å². The van der Waals surface area contributed by atoms with Crippen LogP contribution in [0.4, 0.5) is 16.2 Å². The minimum atomic E-state index is -0.166. The smallest absolute Gasteiger partial charge is 0.321 e. The largest absolute Gasteiger partial charge is 0.368 e. The lowest BCUT2D eigenvalue weighted by molar-refractivity contribution is 0.208. The minimum absolute atomic E-state index is 0.166. The van der Waals surface area contributed by atoms with Crippen molar-refractivity contribution >= 4 is 17.4 Å². The van der Waals surface area contributed by atoms with Gasteiger partial charge < -0.3 is 15.1 Å². The van der Waals surface area contributed by atoms with Gasteiger partial charge in [0.25, 0.3) is 0 Å². The Balaban J connectivity index is 1.59. The monoisotopic (exact) mass is 331 g/mol. The van der Waals surface area contributed by atoms with E-state index < -0.39 is 0 Å². The van der Waals surface area contributed by atoms with Gasteiger partial charge in [0, 0.05) is 37.6 Å². The van der Waals surface area contributed by atoms with Crippen molar-refractivity contribution < 1.29 is 4.79 Å². The van der Waals surface area contributed by atoms with E-state index >= 15 is 0 Å². The molecule has 6 heteroatoms. The highest BCUT2D eigenvalue weighted by Crippen LogP contribution is 2.18. The van der Waals surface area contributed by atoms with E-state index in [2.05, 4.69) is 22.4 Å². The van der Waals surface area contributed by atoms with Gasteiger partial charge >= 0.3 is 6.03 Å². The van der Waals surface area contributed by atoms with Crippen LogP contribution in [0.2, 0.25) is 0 Å². The van der Waals surface area contributed by atoms with Gasteiger partial charge in [0.15, 0.2) is 0 Å². The van der Waals surface area contributed by atoms with Crippen LogP contribution in [0.15, 0.2) is 48.5 Å². The third-order valence-electron chi connectivity index (χ3n) is 4.15. The van der Waals surface area contributed by atoms with Crippen LogP contribution in [0.25, 0.3) is 0 Å². The molecule has 0 bridgehead atoms. The fraction of sp³-hybridized carbons (Fsp3) is 0.211. The maximum atomic E-state index is 12.4. The summed E-state index contributed by atoms with van der Waals surface area (Å²) in [5, 5.41) is 20.8. The number of hydrogen-bond donors (Lipinski definition) is 1. The van der Waals surface area contributed by atoms with Crippen molar-refractivity contribution in [2.75, 3.05) is 36.4 Å². The van der Waals surface area contributed by atoms with Gasteiger partial charge in [-0.3, -0.25) is 0 Å². The van der Waals surface area contributed by atoms with Crippen LogP contribution in [0, 0.1) is 22.7 Å². The molecule has 6 nitrogen and oxygen atoms in total. The summed E-state index contributed by atoms with van der Waals surface area (Å²) in [7, 11) is 0. The van der Waals surface area contributed by atoms with Crippen molar-refractivity contribution in [3.8, 4) is 12.1 Å². The second-order valence-electron chi connectivity index (χ2n) is 5.76. The Kier molecular flexibility index (Phi) is 4.82. The molecule has 1 aliphatic rings. The number of amides is 2. The van der Waals surface area contributed by atoms with E-state index in [0.29, 0.717) is 43.0 Å². The number of rotatable bonds is 2. The number of benzene rings is 2. The third kappa shape index (κ3) is 3.88. The minimum Gasteiger partial charge on any atom is -0.368 e. The van der Waals surface area contributed by atoms with E-state index in [0.717, 1.165) is 5.69 Å². The van der Waals surface area contributed by atoms with Crippen molar-refractivity contribution in [3.63, 3.8) is 0 Å². The Morgan fingerprint density at radius 1 is 0.920 bits per heavy atom. The summed E-state index contributed by atoms with van der Waals surface area (Å²) in [5.41, 5.74) is 2.77. The molecule has 2 aromatic rings. The van der Waals surface area contributed by atoms with E-state index in [9.17, 15) is 4.79 Å². The highest BCUT2D eigenvalue weighted by atomic mass is 16.2. The SMILES string of the molecule is N#Cc1cccc(NC(=O)N2CCN(c3cccc(C#N)c3)CC2)c1. The van der Waals surface area contributed by atoms with Gasteiger partial charge in [-0.25, -0.2) is 4.79 Å². The molecule has 3 rings (SSSR count). The molecule has 124 valence electrons. The van der Waals surface area contributed by atoms with E-state index in [1.165, 1.54) is 0 Å². The average molecular weight is 331 g/mol. The molecule has 0 saturated carbocycles. The predicted octanol–water partition coefficient (Wildman–Crippen LogP) is 2.78. The standard InChI is InChI=1S/C19H17N5O/c20-13-15-3-1-5-17(11-15)22-19(25)24-9-7-23(8-10-24)18-6-2-4-16(12-18)14-21/h1-6,11-12H,7-10H2,(H,22,25). The van der Waals surface area contributed by atoms with Crippen molar-refractivity contribution in [2.45, 2.75) is 0 Å². The molecule has 1 N–H and O–H groups in total. The summed E-state index contributed by atoms with van der Waals surface area (Å²) in [6.07, 6.45) is 0. The molecule has 0 aliphatic carbocycles. The highest BCUT2D eigenvalue weighted by molar-refractivity contribution is 5.89. The van der Waals surface area contributed by atoms with E-state index in [-0.39, 0.29) is 6.03 Å². The number of nitrogens with one attached hydrogen (secondary N) is 1. The molecule has 2 amide bonds. The summed E-state index contributed by atoms with van der Waals surface area (Å²) >= 11 is 0. The molecule has 0 atom stereocenters. The van der Waals surface area contributed by atoms with Crippen LogP contribution in [0.1, 0.15) is 11.1 Å². The molecule has 0 radical (unpaired) electrons. The Morgan fingerprint density at radius 2 is 1.56 bits per heavy atom. The Bertz CT molecular complexity index is 857. The maximum absolute atomic E-state index is 12.4. The number of hydrogen-bond acceptors (Lipinski definition) is 4. The van der Waals surface area contributed by atoms with Crippen LogP contribution >= 0.6 is 0 Å². The Hall–Kier alpha value is -3.51. The van der Waals surface area contributed by atoms with Crippen molar-refractivity contribution in [2.24, 2.45) is 0 Å². The van der Waals surface area contributed by atoms with Crippen LogP contribution in [0.3, 0.4) is 0 Å². The van der Waals surface area contributed by atoms with Gasteiger partial charge in [-0.05, 0) is 36.4 Å². The Morgan fingerprint density at radius 3 is 2.24 bits per heavy atom. The van der Waals surface area contributed by atoms with Gasteiger partial charge in [0.05, 0.1) is 23.3 Å². The quantitative estimate of drug-likeness (QED) is 0.917. The molecular formula is C19H17N5O. The molecule has 2 aromatic carbocycles. The zero-order chi connectivity index (χ0) is 17.6. The average Bonchev–Trinajstić information content (AvgIpc) is 2.68. The first-order valence-corrected chi connectivity index (χ1v) is 8.01. The molecule has 1 saturated heterocycles. The van der Waals surface area contributed by atoms with Gasteiger partial charge in [0.1, 0.15) is 0 Å². The van der Waals surface area contributed by atoms with Crippen molar-refractivity contribution in [1.29, 1.82) is 10.5 Å². The number of carbonyl (C=O) groups excluding carboxylic acids is 1. The third-order valence-corrected chi connectivity index (χ3v) is 4.15. The Labute approximate surface area is 146 Å². The number of urea groups is 1. The first-order chi connectivity index (χ1) is 12.2. The number of anilines is 2. The highest BCUT2D eigenvalue weighted by Gasteiger charge is 2.21. The van der Waals surface area contributed by atoms with Crippen LogP contribution < -0.4 is 10.2 Å². The first kappa shape index (κ1) is 16.4. The molecule has 25 heavy (non-hydrogen) atoms. The summed E-state index contributed by atoms with van der Waals surface area (Å²) in [6.45, 7) is 2.61. The molecule has 0 spiro atoms. The predicted molar refractivity (Wildman–Crippen MR) is 95.1 cm³/mol. The normalized spacial score (nSPS) is 13.7. The molecule has 0 aromatic heterocycles. The van der Waals surface area contributed by atoms with Crippen LogP contribution in [0.5, 0.6) is 0 Å². The zero-order valence-electron chi connectivity index (χ0n) is 13.6. The van der Waals surface area contributed by atoms with Gasteiger partial charge in [0.2, 0.25) is 0 Å². The number of carbonyl (C=O) groups is 1. The van der Waals surface area contributed by atoms with E-state index in [4.69, 9.17) is 10.5 Å². The van der Waals surface area contributed by atoms with Crippen molar-refractivity contribution in [1.82, 2.24) is 4.90 Å². The lowest BCUT2D eigenvalue weighted by atomic mass is 10.2. The van der Waals surface area contributed by atoms with Gasteiger partial charge in [-0.1, -0.05) is 12.1 Å². The van der Waals surface area contributed by atoms with Gasteiger partial charge in [-0.2, -0.15) is 10.5 Å². The summed E-state index contributed by atoms with van der Waals surface area (Å²) in [6, 6.07) is 18.4. The first-order valence-electron chi connectivity index (χ1n) is 8.01. The number of nitriles is 2. The second-order valence-corrected chi connectivity index (χ2v) is 5.76. The molecule has 0 unspecified atom stereocenters. The number of nitrogens with zero attached hydrogens (tertiary/aromatic N) is 4. The lowest BCUT2D eigenvalue weighted by Crippen LogP contribution is -2.50. The van der Waals surface area contributed by atoms with Crippen LogP contribution in [-0.4, -0.2) is 37.1 Å². The fourth-order valence-electron chi connectivity index (χ4n) is 2.81. The fourth-order valence-corrected chi connectivity index (χ4v) is 2.81. The van der Waals surface area contributed by atoms with E-state index in [1.54, 1.807) is 35.2 Å². The molecular weight excluding hydrogens is 314 g/mol. The van der Waals surface area contributed by atoms with E-state index in [1.807, 2.05) is 18.2 Å². The lowest BCUT2D eigenvalue weighted by Gasteiger charge is -2.36. The summed E-state index contributed by atoms with van der Waals surface area (Å²) in [5.74, 6) is 0. The summed E-state index contributed by atoms with van der Waals surface area (Å²) in [4.78, 5) is 16.3. The summed E-state index contributed by atoms with van der Waals surface area (Å²) < 4.78 is 0. The molecule has 1 heterocycles.